The van der Waals surface area contributed by atoms with E-state index in [-0.39, 0.29) is 36.9 Å². The molecule has 2 unspecified atom stereocenters. The Morgan fingerprint density at radius 1 is 1.30 bits per heavy atom. The Morgan fingerprint density at radius 3 is 2.81 bits per heavy atom. The van der Waals surface area contributed by atoms with E-state index in [1.807, 2.05) is 6.07 Å². The predicted molar refractivity (Wildman–Crippen MR) is 92.1 cm³/mol. The number of hydrogen-bond donors (Lipinski definition) is 2. The van der Waals surface area contributed by atoms with Gasteiger partial charge in [-0.05, 0) is 29.8 Å². The van der Waals surface area contributed by atoms with E-state index < -0.39 is 23.7 Å². The van der Waals surface area contributed by atoms with Crippen molar-refractivity contribution in [1.29, 1.82) is 0 Å². The fourth-order valence-electron chi connectivity index (χ4n) is 2.97. The first-order chi connectivity index (χ1) is 12.9. The first-order valence-electron chi connectivity index (χ1n) is 8.52. The molecule has 0 spiro atoms. The minimum absolute atomic E-state index is 0.0833. The summed E-state index contributed by atoms with van der Waals surface area (Å²) < 4.78 is 26.2. The summed E-state index contributed by atoms with van der Waals surface area (Å²) in [6, 6.07) is 8.47. The quantitative estimate of drug-likeness (QED) is 0.803. The van der Waals surface area contributed by atoms with E-state index in [0.29, 0.717) is 6.54 Å². The third-order valence-corrected chi connectivity index (χ3v) is 4.46. The van der Waals surface area contributed by atoms with Crippen molar-refractivity contribution < 1.29 is 23.5 Å². The Hall–Kier alpha value is -2.87. The van der Waals surface area contributed by atoms with Gasteiger partial charge in [-0.2, -0.15) is 0 Å². The highest BCUT2D eigenvalue weighted by Gasteiger charge is 2.34. The fourth-order valence-corrected chi connectivity index (χ4v) is 2.97. The maximum atomic E-state index is 13.2. The van der Waals surface area contributed by atoms with Crippen LogP contribution >= 0.6 is 0 Å². The predicted octanol–water partition coefficient (Wildman–Crippen LogP) is 1.56. The molecule has 2 heterocycles. The summed E-state index contributed by atoms with van der Waals surface area (Å²) in [6.45, 7) is 0.443. The van der Waals surface area contributed by atoms with Crippen molar-refractivity contribution >= 4 is 11.8 Å². The second kappa shape index (κ2) is 8.22. The number of aliphatic hydroxyl groups is 1. The maximum absolute atomic E-state index is 13.2. The third kappa shape index (κ3) is 4.65. The highest BCUT2D eigenvalue weighted by Crippen LogP contribution is 2.21. The van der Waals surface area contributed by atoms with E-state index in [4.69, 9.17) is 0 Å². The number of nitrogens with zero attached hydrogens (tertiary/aromatic N) is 2. The SMILES string of the molecule is O=C(NCC(O)c1ccc(F)c(F)c1)C1CC(=O)N(Cc2ccccn2)C1. The molecule has 1 aromatic heterocycles. The number of aromatic nitrogens is 1. The number of halogens is 2. The lowest BCUT2D eigenvalue weighted by molar-refractivity contribution is -0.129. The Bertz CT molecular complexity index is 832. The number of likely N-dealkylation sites (tertiary alicyclic amines) is 1. The van der Waals surface area contributed by atoms with Crippen LogP contribution in [0.1, 0.15) is 23.8 Å². The lowest BCUT2D eigenvalue weighted by Gasteiger charge is -2.17. The fraction of sp³-hybridized carbons (Fsp3) is 0.316. The van der Waals surface area contributed by atoms with E-state index in [1.165, 1.54) is 6.07 Å². The first kappa shape index (κ1) is 18.9. The Kier molecular flexibility index (Phi) is 5.75. The molecular formula is C19H19F2N3O3. The number of aliphatic hydroxyl groups excluding tert-OH is 1. The van der Waals surface area contributed by atoms with E-state index in [1.54, 1.807) is 23.2 Å². The number of carbonyl (C=O) groups is 2. The van der Waals surface area contributed by atoms with Gasteiger partial charge in [-0.1, -0.05) is 12.1 Å². The van der Waals surface area contributed by atoms with Crippen molar-refractivity contribution in [2.75, 3.05) is 13.1 Å². The smallest absolute Gasteiger partial charge is 0.225 e. The molecule has 1 fully saturated rings. The van der Waals surface area contributed by atoms with Crippen molar-refractivity contribution in [3.05, 3.63) is 65.5 Å². The van der Waals surface area contributed by atoms with Crippen LogP contribution in [0.2, 0.25) is 0 Å². The van der Waals surface area contributed by atoms with Gasteiger partial charge in [-0.25, -0.2) is 8.78 Å². The molecule has 0 bridgehead atoms. The zero-order valence-electron chi connectivity index (χ0n) is 14.4. The topological polar surface area (TPSA) is 82.5 Å². The molecular weight excluding hydrogens is 356 g/mol. The zero-order valence-corrected chi connectivity index (χ0v) is 14.4. The van der Waals surface area contributed by atoms with Gasteiger partial charge in [0.2, 0.25) is 11.8 Å². The zero-order chi connectivity index (χ0) is 19.4. The number of carbonyl (C=O) groups excluding carboxylic acids is 2. The van der Waals surface area contributed by atoms with E-state index in [0.717, 1.165) is 17.8 Å². The summed E-state index contributed by atoms with van der Waals surface area (Å²) in [5.41, 5.74) is 0.897. The average Bonchev–Trinajstić information content (AvgIpc) is 3.03. The van der Waals surface area contributed by atoms with Crippen LogP contribution in [0, 0.1) is 17.6 Å². The Balaban J connectivity index is 1.52. The number of rotatable bonds is 6. The third-order valence-electron chi connectivity index (χ3n) is 4.46. The highest BCUT2D eigenvalue weighted by molar-refractivity contribution is 5.89. The van der Waals surface area contributed by atoms with Gasteiger partial charge in [0, 0.05) is 25.7 Å². The van der Waals surface area contributed by atoms with Gasteiger partial charge in [0.05, 0.1) is 24.3 Å². The molecule has 142 valence electrons. The highest BCUT2D eigenvalue weighted by atomic mass is 19.2. The molecule has 3 rings (SSSR count). The van der Waals surface area contributed by atoms with Crippen LogP contribution in [0.15, 0.2) is 42.6 Å². The number of nitrogens with one attached hydrogen (secondary N) is 1. The van der Waals surface area contributed by atoms with E-state index in [2.05, 4.69) is 10.3 Å². The normalized spacial score (nSPS) is 17.8. The van der Waals surface area contributed by atoms with Gasteiger partial charge in [-0.3, -0.25) is 14.6 Å². The first-order valence-corrected chi connectivity index (χ1v) is 8.52. The molecule has 8 heteroatoms. The van der Waals surface area contributed by atoms with Crippen molar-refractivity contribution in [2.24, 2.45) is 5.92 Å². The molecule has 0 radical (unpaired) electrons. The van der Waals surface area contributed by atoms with Crippen LogP contribution in [-0.2, 0) is 16.1 Å². The summed E-state index contributed by atoms with van der Waals surface area (Å²) in [5, 5.41) is 12.6. The molecule has 0 aliphatic carbocycles. The summed E-state index contributed by atoms with van der Waals surface area (Å²) in [6.07, 6.45) is 0.547. The lowest BCUT2D eigenvalue weighted by Crippen LogP contribution is -2.35. The minimum atomic E-state index is -1.18. The number of amides is 2. The average molecular weight is 375 g/mol. The van der Waals surface area contributed by atoms with Crippen molar-refractivity contribution in [3.8, 4) is 0 Å². The van der Waals surface area contributed by atoms with Gasteiger partial charge in [0.25, 0.3) is 0 Å². The van der Waals surface area contributed by atoms with Crippen LogP contribution in [-0.4, -0.2) is 39.9 Å². The summed E-state index contributed by atoms with van der Waals surface area (Å²) in [4.78, 5) is 30.1. The van der Waals surface area contributed by atoms with Crippen molar-refractivity contribution in [2.45, 2.75) is 19.1 Å². The number of benzene rings is 1. The molecule has 1 aliphatic heterocycles. The molecule has 0 saturated carbocycles. The molecule has 2 N–H and O–H groups in total. The molecule has 6 nitrogen and oxygen atoms in total. The molecule has 1 saturated heterocycles. The molecule has 27 heavy (non-hydrogen) atoms. The summed E-state index contributed by atoms with van der Waals surface area (Å²) in [7, 11) is 0. The second-order valence-corrected chi connectivity index (χ2v) is 6.43. The van der Waals surface area contributed by atoms with Crippen molar-refractivity contribution in [3.63, 3.8) is 0 Å². The van der Waals surface area contributed by atoms with E-state index >= 15 is 0 Å². The Morgan fingerprint density at radius 2 is 2.11 bits per heavy atom. The molecule has 2 atom stereocenters. The minimum Gasteiger partial charge on any atom is -0.387 e. The molecule has 2 amide bonds. The monoisotopic (exact) mass is 375 g/mol. The lowest BCUT2D eigenvalue weighted by atomic mass is 10.1. The number of pyridine rings is 1. The van der Waals surface area contributed by atoms with Crippen LogP contribution in [0.4, 0.5) is 8.78 Å². The Labute approximate surface area is 154 Å². The van der Waals surface area contributed by atoms with Gasteiger partial charge in [0.1, 0.15) is 0 Å². The number of hydrogen-bond acceptors (Lipinski definition) is 4. The van der Waals surface area contributed by atoms with Gasteiger partial charge >= 0.3 is 0 Å². The standard InChI is InChI=1S/C19H19F2N3O3/c20-15-5-4-12(7-16(15)21)17(25)9-23-19(27)13-8-18(26)24(10-13)11-14-3-1-2-6-22-14/h1-7,13,17,25H,8-11H2,(H,23,27). The van der Waals surface area contributed by atoms with Crippen LogP contribution in [0.25, 0.3) is 0 Å². The van der Waals surface area contributed by atoms with Gasteiger partial charge in [-0.15, -0.1) is 0 Å². The van der Waals surface area contributed by atoms with Crippen molar-refractivity contribution in [1.82, 2.24) is 15.2 Å². The van der Waals surface area contributed by atoms with Gasteiger partial charge < -0.3 is 15.3 Å². The van der Waals surface area contributed by atoms with Gasteiger partial charge in [0.15, 0.2) is 11.6 Å². The van der Waals surface area contributed by atoms with Crippen LogP contribution in [0.3, 0.4) is 0 Å². The second-order valence-electron chi connectivity index (χ2n) is 6.43. The van der Waals surface area contributed by atoms with Crippen LogP contribution < -0.4 is 5.32 Å². The molecule has 1 aromatic carbocycles. The molecule has 2 aromatic rings. The largest absolute Gasteiger partial charge is 0.387 e. The van der Waals surface area contributed by atoms with Crippen LogP contribution in [0.5, 0.6) is 0 Å². The summed E-state index contributed by atoms with van der Waals surface area (Å²) >= 11 is 0. The maximum Gasteiger partial charge on any atom is 0.225 e. The summed E-state index contributed by atoms with van der Waals surface area (Å²) in [5.74, 6) is -3.11. The molecule has 1 aliphatic rings. The van der Waals surface area contributed by atoms with E-state index in [9.17, 15) is 23.5 Å².